The number of amides is 2. The standard InChI is InChI=1S/C21H29Cl2N3O2/c1-20(9-6-10-20)25(2)18(27)14-26-12-11-21(23,13-17(26)22)15-24-19(28)16-7-4-3-5-8-16/h3-5,7-8,17H,6,9-15H2,1-2H3,(H,24,28). The Labute approximate surface area is 177 Å². The lowest BCUT2D eigenvalue weighted by Crippen LogP contribution is -2.57. The summed E-state index contributed by atoms with van der Waals surface area (Å²) < 4.78 is 0. The first-order chi connectivity index (χ1) is 13.2. The average molecular weight is 426 g/mol. The van der Waals surface area contributed by atoms with Crippen LogP contribution in [0.5, 0.6) is 0 Å². The summed E-state index contributed by atoms with van der Waals surface area (Å²) in [6.45, 7) is 3.44. The third kappa shape index (κ3) is 4.81. The van der Waals surface area contributed by atoms with Gasteiger partial charge in [0, 0.05) is 31.2 Å². The number of halogens is 2. The molecule has 1 heterocycles. The van der Waals surface area contributed by atoms with Crippen molar-refractivity contribution in [2.24, 2.45) is 0 Å². The minimum Gasteiger partial charge on any atom is -0.350 e. The normalized spacial score (nSPS) is 26.9. The van der Waals surface area contributed by atoms with Gasteiger partial charge in [0.25, 0.3) is 5.91 Å². The van der Waals surface area contributed by atoms with E-state index in [2.05, 4.69) is 12.2 Å². The molecular formula is C21H29Cl2N3O2. The van der Waals surface area contributed by atoms with Crippen LogP contribution in [0.4, 0.5) is 0 Å². The van der Waals surface area contributed by atoms with Crippen LogP contribution in [-0.4, -0.2) is 64.2 Å². The molecule has 1 aromatic rings. The predicted molar refractivity (Wildman–Crippen MR) is 113 cm³/mol. The maximum absolute atomic E-state index is 12.7. The van der Waals surface area contributed by atoms with Gasteiger partial charge in [-0.05, 0) is 51.2 Å². The molecule has 1 aliphatic heterocycles. The molecule has 0 bridgehead atoms. The predicted octanol–water partition coefficient (Wildman–Crippen LogP) is 3.46. The van der Waals surface area contributed by atoms with Gasteiger partial charge in [-0.2, -0.15) is 0 Å². The van der Waals surface area contributed by atoms with E-state index < -0.39 is 4.87 Å². The van der Waals surface area contributed by atoms with Gasteiger partial charge < -0.3 is 10.2 Å². The molecule has 2 aliphatic rings. The highest BCUT2D eigenvalue weighted by atomic mass is 35.5. The Morgan fingerprint density at radius 3 is 2.50 bits per heavy atom. The molecule has 0 spiro atoms. The molecule has 7 heteroatoms. The van der Waals surface area contributed by atoms with Crippen LogP contribution < -0.4 is 5.32 Å². The van der Waals surface area contributed by atoms with Gasteiger partial charge in [-0.3, -0.25) is 14.5 Å². The number of likely N-dealkylation sites (N-methyl/N-ethyl adjacent to an activating group) is 1. The van der Waals surface area contributed by atoms with Crippen molar-refractivity contribution in [2.75, 3.05) is 26.7 Å². The second kappa shape index (κ2) is 8.60. The summed E-state index contributed by atoms with van der Waals surface area (Å²) in [5.41, 5.74) is 0.277. The molecule has 2 atom stereocenters. The van der Waals surface area contributed by atoms with Crippen molar-refractivity contribution in [3.8, 4) is 0 Å². The number of hydrogen-bond acceptors (Lipinski definition) is 3. The minimum atomic E-state index is -0.595. The molecule has 0 aromatic heterocycles. The van der Waals surface area contributed by atoms with Gasteiger partial charge in [0.1, 0.15) is 0 Å². The number of carbonyl (C=O) groups is 2. The largest absolute Gasteiger partial charge is 0.350 e. The maximum Gasteiger partial charge on any atom is 0.251 e. The average Bonchev–Trinajstić information content (AvgIpc) is 2.66. The van der Waals surface area contributed by atoms with Gasteiger partial charge in [0.05, 0.1) is 16.9 Å². The van der Waals surface area contributed by atoms with Crippen LogP contribution in [0.2, 0.25) is 0 Å². The van der Waals surface area contributed by atoms with Crippen LogP contribution in [0.3, 0.4) is 0 Å². The van der Waals surface area contributed by atoms with Gasteiger partial charge in [-0.25, -0.2) is 0 Å². The monoisotopic (exact) mass is 425 g/mol. The van der Waals surface area contributed by atoms with Crippen LogP contribution in [0.1, 0.15) is 49.4 Å². The SMILES string of the molecule is CN(C(=O)CN1CCC(Cl)(CNC(=O)c2ccccc2)CC1Cl)C1(C)CCC1. The fourth-order valence-corrected chi connectivity index (χ4v) is 4.73. The Morgan fingerprint density at radius 2 is 1.93 bits per heavy atom. The molecule has 28 heavy (non-hydrogen) atoms. The highest BCUT2D eigenvalue weighted by Gasteiger charge is 2.41. The number of rotatable bonds is 6. The quantitative estimate of drug-likeness (QED) is 0.560. The Morgan fingerprint density at radius 1 is 1.25 bits per heavy atom. The lowest BCUT2D eigenvalue weighted by molar-refractivity contribution is -0.140. The lowest BCUT2D eigenvalue weighted by atomic mass is 9.77. The third-order valence-corrected chi connectivity index (χ3v) is 7.24. The molecule has 0 radical (unpaired) electrons. The number of nitrogens with one attached hydrogen (secondary N) is 1. The second-order valence-corrected chi connectivity index (χ2v) is 9.67. The van der Waals surface area contributed by atoms with Crippen molar-refractivity contribution in [3.63, 3.8) is 0 Å². The Kier molecular flexibility index (Phi) is 6.58. The molecular weight excluding hydrogens is 397 g/mol. The second-order valence-electron chi connectivity index (χ2n) is 8.36. The molecule has 154 valence electrons. The van der Waals surface area contributed by atoms with Crippen molar-refractivity contribution in [1.82, 2.24) is 15.1 Å². The van der Waals surface area contributed by atoms with Gasteiger partial charge >= 0.3 is 0 Å². The van der Waals surface area contributed by atoms with E-state index in [1.807, 2.05) is 35.0 Å². The molecule has 1 aliphatic carbocycles. The van der Waals surface area contributed by atoms with E-state index in [4.69, 9.17) is 23.2 Å². The zero-order valence-corrected chi connectivity index (χ0v) is 18.1. The fourth-order valence-electron chi connectivity index (χ4n) is 3.89. The number of alkyl halides is 2. The molecule has 5 nitrogen and oxygen atoms in total. The van der Waals surface area contributed by atoms with Crippen molar-refractivity contribution in [2.45, 2.75) is 54.9 Å². The summed E-state index contributed by atoms with van der Waals surface area (Å²) in [7, 11) is 1.89. The van der Waals surface area contributed by atoms with E-state index in [1.54, 1.807) is 12.1 Å². The van der Waals surface area contributed by atoms with Gasteiger partial charge in [-0.15, -0.1) is 23.2 Å². The van der Waals surface area contributed by atoms with Crippen molar-refractivity contribution < 1.29 is 9.59 Å². The van der Waals surface area contributed by atoms with Crippen LogP contribution in [0, 0.1) is 0 Å². The van der Waals surface area contributed by atoms with Crippen LogP contribution in [0.25, 0.3) is 0 Å². The Bertz CT molecular complexity index is 711. The van der Waals surface area contributed by atoms with E-state index >= 15 is 0 Å². The van der Waals surface area contributed by atoms with E-state index in [1.165, 1.54) is 6.42 Å². The number of likely N-dealkylation sites (tertiary alicyclic amines) is 1. The molecule has 1 N–H and O–H groups in total. The fraction of sp³-hybridized carbons (Fsp3) is 0.619. The summed E-state index contributed by atoms with van der Waals surface area (Å²) >= 11 is 13.3. The molecule has 1 aromatic carbocycles. The van der Waals surface area contributed by atoms with Crippen molar-refractivity contribution >= 4 is 35.0 Å². The number of hydrogen-bond donors (Lipinski definition) is 1. The molecule has 2 fully saturated rings. The molecule has 2 unspecified atom stereocenters. The highest BCUT2D eigenvalue weighted by molar-refractivity contribution is 6.26. The topological polar surface area (TPSA) is 52.7 Å². The van der Waals surface area contributed by atoms with Gasteiger partial charge in [0.2, 0.25) is 5.91 Å². The Hall–Kier alpha value is -1.30. The first kappa shape index (κ1) is 21.4. The number of benzene rings is 1. The van der Waals surface area contributed by atoms with Crippen LogP contribution >= 0.6 is 23.2 Å². The van der Waals surface area contributed by atoms with E-state index in [-0.39, 0.29) is 22.9 Å². The van der Waals surface area contributed by atoms with Crippen LogP contribution in [0.15, 0.2) is 30.3 Å². The number of nitrogens with zero attached hydrogens (tertiary/aromatic N) is 2. The van der Waals surface area contributed by atoms with Crippen molar-refractivity contribution in [3.05, 3.63) is 35.9 Å². The summed E-state index contributed by atoms with van der Waals surface area (Å²) in [6, 6.07) is 9.08. The number of carbonyl (C=O) groups excluding carboxylic acids is 2. The molecule has 1 saturated carbocycles. The summed E-state index contributed by atoms with van der Waals surface area (Å²) in [6.07, 6.45) is 4.48. The summed E-state index contributed by atoms with van der Waals surface area (Å²) in [4.78, 5) is 28.2. The van der Waals surface area contributed by atoms with E-state index in [0.29, 0.717) is 38.0 Å². The lowest BCUT2D eigenvalue weighted by Gasteiger charge is -2.47. The smallest absolute Gasteiger partial charge is 0.251 e. The third-order valence-electron chi connectivity index (χ3n) is 6.33. The van der Waals surface area contributed by atoms with E-state index in [9.17, 15) is 9.59 Å². The minimum absolute atomic E-state index is 0.00730. The zero-order chi connectivity index (χ0) is 20.4. The summed E-state index contributed by atoms with van der Waals surface area (Å²) in [5, 5.41) is 2.92. The Balaban J connectivity index is 1.49. The maximum atomic E-state index is 12.7. The highest BCUT2D eigenvalue weighted by Crippen LogP contribution is 2.37. The molecule has 1 saturated heterocycles. The van der Waals surface area contributed by atoms with Gasteiger partial charge in [-0.1, -0.05) is 18.2 Å². The number of piperidine rings is 1. The summed E-state index contributed by atoms with van der Waals surface area (Å²) in [5.74, 6) is -0.0352. The molecule has 3 rings (SSSR count). The first-order valence-electron chi connectivity index (χ1n) is 9.89. The van der Waals surface area contributed by atoms with Crippen LogP contribution in [-0.2, 0) is 4.79 Å². The first-order valence-corrected chi connectivity index (χ1v) is 10.7. The van der Waals surface area contributed by atoms with Gasteiger partial charge in [0.15, 0.2) is 0 Å². The zero-order valence-electron chi connectivity index (χ0n) is 16.6. The molecule has 2 amide bonds. The van der Waals surface area contributed by atoms with Crippen molar-refractivity contribution in [1.29, 1.82) is 0 Å². The van der Waals surface area contributed by atoms with E-state index in [0.717, 1.165) is 12.8 Å².